The number of para-hydroxylation sites is 1. The van der Waals surface area contributed by atoms with Gasteiger partial charge in [0.2, 0.25) is 0 Å². The minimum atomic E-state index is -0.340. The molecule has 28 heavy (non-hydrogen) atoms. The molecule has 2 heterocycles. The number of carbonyl (C=O) groups excluding carboxylic acids is 1. The highest BCUT2D eigenvalue weighted by Gasteiger charge is 2.14. The Labute approximate surface area is 160 Å². The molecular formula is C22H17FN4O. The molecule has 0 radical (unpaired) electrons. The van der Waals surface area contributed by atoms with Crippen molar-refractivity contribution in [2.45, 2.75) is 6.92 Å². The highest BCUT2D eigenvalue weighted by Crippen LogP contribution is 2.25. The number of amides is 1. The van der Waals surface area contributed by atoms with Crippen LogP contribution in [0.1, 0.15) is 23.0 Å². The first-order valence-corrected chi connectivity index (χ1v) is 8.76. The second-order valence-corrected chi connectivity index (χ2v) is 6.30. The van der Waals surface area contributed by atoms with Gasteiger partial charge in [-0.05, 0) is 55.5 Å². The van der Waals surface area contributed by atoms with Gasteiger partial charge >= 0.3 is 0 Å². The molecule has 2 N–H and O–H groups in total. The second kappa shape index (κ2) is 7.44. The number of rotatable bonds is 4. The van der Waals surface area contributed by atoms with Crippen molar-refractivity contribution in [1.82, 2.24) is 15.4 Å². The molecule has 0 atom stereocenters. The minimum absolute atomic E-state index is 0.323. The van der Waals surface area contributed by atoms with Gasteiger partial charge in [-0.2, -0.15) is 5.10 Å². The number of pyridine rings is 1. The number of H-pyrrole nitrogens is 1. The molecule has 4 aromatic rings. The van der Waals surface area contributed by atoms with Gasteiger partial charge in [0.15, 0.2) is 0 Å². The predicted octanol–water partition coefficient (Wildman–Crippen LogP) is 4.52. The van der Waals surface area contributed by atoms with E-state index in [1.807, 2.05) is 36.4 Å². The van der Waals surface area contributed by atoms with Gasteiger partial charge in [-0.3, -0.25) is 4.79 Å². The third-order valence-electron chi connectivity index (χ3n) is 4.41. The van der Waals surface area contributed by atoms with Crippen molar-refractivity contribution in [2.24, 2.45) is 5.10 Å². The van der Waals surface area contributed by atoms with Crippen molar-refractivity contribution in [3.63, 3.8) is 0 Å². The van der Waals surface area contributed by atoms with E-state index in [1.165, 1.54) is 12.1 Å². The van der Waals surface area contributed by atoms with Crippen LogP contribution in [-0.4, -0.2) is 21.6 Å². The Balaban J connectivity index is 1.73. The summed E-state index contributed by atoms with van der Waals surface area (Å²) >= 11 is 0. The Hall–Kier alpha value is -3.80. The Bertz CT molecular complexity index is 1170. The number of hydrazone groups is 1. The van der Waals surface area contributed by atoms with Crippen LogP contribution in [0, 0.1) is 5.82 Å². The summed E-state index contributed by atoms with van der Waals surface area (Å²) in [6, 6.07) is 18.9. The number of aromatic amines is 1. The van der Waals surface area contributed by atoms with Gasteiger partial charge in [0.1, 0.15) is 5.82 Å². The van der Waals surface area contributed by atoms with E-state index in [0.717, 1.165) is 16.6 Å². The highest BCUT2D eigenvalue weighted by atomic mass is 19.1. The number of hydrogen-bond acceptors (Lipinski definition) is 3. The highest BCUT2D eigenvalue weighted by molar-refractivity contribution is 6.08. The van der Waals surface area contributed by atoms with E-state index in [2.05, 4.69) is 20.5 Å². The third kappa shape index (κ3) is 3.53. The van der Waals surface area contributed by atoms with E-state index in [1.54, 1.807) is 31.3 Å². The molecule has 0 unspecified atom stereocenters. The SMILES string of the molecule is C/C(=N\NC(=O)c1cc(-c2ccc(F)cc2)nc2ccccc12)c1ccc[nH]1. The molecule has 6 heteroatoms. The summed E-state index contributed by atoms with van der Waals surface area (Å²) in [4.78, 5) is 20.5. The van der Waals surface area contributed by atoms with Crippen molar-refractivity contribution in [3.05, 3.63) is 90.0 Å². The fraction of sp³-hybridized carbons (Fsp3) is 0.0455. The Morgan fingerprint density at radius 3 is 2.61 bits per heavy atom. The van der Waals surface area contributed by atoms with E-state index in [9.17, 15) is 9.18 Å². The van der Waals surface area contributed by atoms with Crippen LogP contribution in [0.4, 0.5) is 4.39 Å². The monoisotopic (exact) mass is 372 g/mol. The standard InChI is InChI=1S/C22H17FN4O/c1-14(19-7-4-12-24-19)26-27-22(28)18-13-21(15-8-10-16(23)11-9-15)25-20-6-3-2-5-17(18)20/h2-13,24H,1H3,(H,27,28)/b26-14+. The molecule has 0 aliphatic carbocycles. The molecule has 4 rings (SSSR count). The van der Waals surface area contributed by atoms with Gasteiger partial charge < -0.3 is 4.98 Å². The van der Waals surface area contributed by atoms with Crippen LogP contribution in [0.2, 0.25) is 0 Å². The molecule has 2 aromatic carbocycles. The molecule has 0 bridgehead atoms. The summed E-state index contributed by atoms with van der Waals surface area (Å²) in [5.41, 5.74) is 6.55. The Morgan fingerprint density at radius 1 is 1.07 bits per heavy atom. The average molecular weight is 372 g/mol. The molecule has 0 saturated carbocycles. The van der Waals surface area contributed by atoms with Crippen molar-refractivity contribution >= 4 is 22.5 Å². The van der Waals surface area contributed by atoms with E-state index >= 15 is 0 Å². The lowest BCUT2D eigenvalue weighted by Crippen LogP contribution is -2.20. The summed E-state index contributed by atoms with van der Waals surface area (Å²) in [7, 11) is 0. The van der Waals surface area contributed by atoms with Crippen LogP contribution < -0.4 is 5.43 Å². The van der Waals surface area contributed by atoms with E-state index in [-0.39, 0.29) is 11.7 Å². The van der Waals surface area contributed by atoms with E-state index in [4.69, 9.17) is 0 Å². The second-order valence-electron chi connectivity index (χ2n) is 6.30. The summed E-state index contributed by atoms with van der Waals surface area (Å²) in [6.07, 6.45) is 1.79. The number of aromatic nitrogens is 2. The molecule has 0 spiro atoms. The maximum absolute atomic E-state index is 13.3. The van der Waals surface area contributed by atoms with Gasteiger partial charge in [-0.25, -0.2) is 14.8 Å². The van der Waals surface area contributed by atoms with Crippen LogP contribution in [-0.2, 0) is 0 Å². The molecule has 5 nitrogen and oxygen atoms in total. The predicted molar refractivity (Wildman–Crippen MR) is 108 cm³/mol. The largest absolute Gasteiger partial charge is 0.360 e. The van der Waals surface area contributed by atoms with Crippen LogP contribution in [0.5, 0.6) is 0 Å². The zero-order valence-corrected chi connectivity index (χ0v) is 15.1. The molecule has 2 aromatic heterocycles. The Morgan fingerprint density at radius 2 is 1.86 bits per heavy atom. The van der Waals surface area contributed by atoms with Crippen LogP contribution in [0.3, 0.4) is 0 Å². The Kier molecular flexibility index (Phi) is 4.68. The fourth-order valence-electron chi connectivity index (χ4n) is 2.94. The van der Waals surface area contributed by atoms with Crippen LogP contribution in [0.15, 0.2) is 78.0 Å². The van der Waals surface area contributed by atoms with E-state index < -0.39 is 0 Å². The zero-order chi connectivity index (χ0) is 19.5. The quantitative estimate of drug-likeness (QED) is 0.408. The maximum atomic E-state index is 13.3. The number of fused-ring (bicyclic) bond motifs is 1. The lowest BCUT2D eigenvalue weighted by Gasteiger charge is -2.09. The minimum Gasteiger partial charge on any atom is -0.360 e. The molecule has 0 fully saturated rings. The molecule has 0 saturated heterocycles. The number of carbonyl (C=O) groups is 1. The topological polar surface area (TPSA) is 70.1 Å². The van der Waals surface area contributed by atoms with Crippen molar-refractivity contribution in [3.8, 4) is 11.3 Å². The first-order chi connectivity index (χ1) is 13.6. The number of nitrogens with zero attached hydrogens (tertiary/aromatic N) is 2. The molecule has 0 aliphatic rings. The number of hydrogen-bond donors (Lipinski definition) is 2. The average Bonchev–Trinajstić information content (AvgIpc) is 3.26. The first kappa shape index (κ1) is 17.6. The third-order valence-corrected chi connectivity index (χ3v) is 4.41. The number of halogens is 1. The van der Waals surface area contributed by atoms with Gasteiger partial charge in [-0.15, -0.1) is 0 Å². The van der Waals surface area contributed by atoms with Crippen LogP contribution in [0.25, 0.3) is 22.2 Å². The van der Waals surface area contributed by atoms with Crippen molar-refractivity contribution < 1.29 is 9.18 Å². The number of benzene rings is 2. The summed E-state index contributed by atoms with van der Waals surface area (Å²) in [5, 5.41) is 4.90. The normalized spacial score (nSPS) is 11.6. The zero-order valence-electron chi connectivity index (χ0n) is 15.1. The van der Waals surface area contributed by atoms with Crippen LogP contribution >= 0.6 is 0 Å². The summed E-state index contributed by atoms with van der Waals surface area (Å²) in [5.74, 6) is -0.662. The van der Waals surface area contributed by atoms with E-state index in [0.29, 0.717) is 22.5 Å². The summed E-state index contributed by atoms with van der Waals surface area (Å²) in [6.45, 7) is 1.81. The van der Waals surface area contributed by atoms with Gasteiger partial charge in [0.25, 0.3) is 5.91 Å². The molecular weight excluding hydrogens is 355 g/mol. The molecule has 1 amide bonds. The van der Waals surface area contributed by atoms with Crippen molar-refractivity contribution in [2.75, 3.05) is 0 Å². The van der Waals surface area contributed by atoms with Gasteiger partial charge in [-0.1, -0.05) is 18.2 Å². The molecule has 0 aliphatic heterocycles. The molecule has 138 valence electrons. The maximum Gasteiger partial charge on any atom is 0.272 e. The lowest BCUT2D eigenvalue weighted by molar-refractivity contribution is 0.0956. The van der Waals surface area contributed by atoms with Gasteiger partial charge in [0.05, 0.1) is 28.2 Å². The van der Waals surface area contributed by atoms with Gasteiger partial charge in [0, 0.05) is 17.1 Å². The fourth-order valence-corrected chi connectivity index (χ4v) is 2.94. The first-order valence-electron chi connectivity index (χ1n) is 8.76. The van der Waals surface area contributed by atoms with Crippen molar-refractivity contribution in [1.29, 1.82) is 0 Å². The summed E-state index contributed by atoms with van der Waals surface area (Å²) < 4.78 is 13.3. The smallest absolute Gasteiger partial charge is 0.272 e. The lowest BCUT2D eigenvalue weighted by atomic mass is 10.0. The number of nitrogens with one attached hydrogen (secondary N) is 2.